The van der Waals surface area contributed by atoms with Crippen molar-refractivity contribution in [3.8, 4) is 0 Å². The van der Waals surface area contributed by atoms with E-state index < -0.39 is 17.7 Å². The maximum absolute atomic E-state index is 12.6. The van der Waals surface area contributed by atoms with Crippen molar-refractivity contribution in [1.82, 2.24) is 5.32 Å². The van der Waals surface area contributed by atoms with E-state index in [-0.39, 0.29) is 24.3 Å². The minimum Gasteiger partial charge on any atom is -0.481 e. The topological polar surface area (TPSA) is 66.4 Å². The summed E-state index contributed by atoms with van der Waals surface area (Å²) < 4.78 is 37.8. The van der Waals surface area contributed by atoms with Gasteiger partial charge in [-0.3, -0.25) is 9.59 Å². The molecule has 0 bridgehead atoms. The average molecular weight is 329 g/mol. The molecule has 0 spiro atoms. The number of aryl methyl sites for hydroxylation is 1. The average Bonchev–Trinajstić information content (AvgIpc) is 2.41. The van der Waals surface area contributed by atoms with Crippen LogP contribution in [0.1, 0.15) is 36.8 Å². The smallest absolute Gasteiger partial charge is 0.416 e. The van der Waals surface area contributed by atoms with Crippen molar-refractivity contribution < 1.29 is 27.9 Å². The zero-order valence-electron chi connectivity index (χ0n) is 12.4. The van der Waals surface area contributed by atoms with Crippen LogP contribution in [0.3, 0.4) is 0 Å². The number of aliphatic carboxylic acids is 1. The van der Waals surface area contributed by atoms with Crippen LogP contribution in [0, 0.1) is 5.92 Å². The quantitative estimate of drug-likeness (QED) is 0.843. The Bertz CT molecular complexity index is 580. The molecule has 1 aliphatic carbocycles. The first-order chi connectivity index (χ1) is 10.8. The summed E-state index contributed by atoms with van der Waals surface area (Å²) in [5.74, 6) is -1.42. The van der Waals surface area contributed by atoms with E-state index in [1.165, 1.54) is 6.07 Å². The Morgan fingerprint density at radius 2 is 1.96 bits per heavy atom. The molecule has 1 saturated carbocycles. The van der Waals surface area contributed by atoms with Crippen LogP contribution in [-0.4, -0.2) is 23.0 Å². The Kier molecular flexibility index (Phi) is 5.28. The van der Waals surface area contributed by atoms with Crippen LogP contribution in [0.15, 0.2) is 24.3 Å². The summed E-state index contributed by atoms with van der Waals surface area (Å²) >= 11 is 0. The molecule has 126 valence electrons. The first kappa shape index (κ1) is 17.3. The van der Waals surface area contributed by atoms with Gasteiger partial charge in [0.25, 0.3) is 0 Å². The molecule has 0 aliphatic heterocycles. The van der Waals surface area contributed by atoms with Crippen LogP contribution in [0.2, 0.25) is 0 Å². The summed E-state index contributed by atoms with van der Waals surface area (Å²) in [5, 5.41) is 11.5. The zero-order chi connectivity index (χ0) is 17.0. The maximum atomic E-state index is 12.6. The first-order valence-corrected chi connectivity index (χ1v) is 7.44. The predicted molar refractivity (Wildman–Crippen MR) is 76.7 cm³/mol. The molecule has 2 rings (SSSR count). The lowest BCUT2D eigenvalue weighted by Crippen LogP contribution is -2.46. The van der Waals surface area contributed by atoms with E-state index in [9.17, 15) is 22.8 Å². The lowest BCUT2D eigenvalue weighted by molar-refractivity contribution is -0.146. The Balaban J connectivity index is 1.71. The summed E-state index contributed by atoms with van der Waals surface area (Å²) in [6.45, 7) is 0. The van der Waals surface area contributed by atoms with Crippen LogP contribution in [0.5, 0.6) is 0 Å². The van der Waals surface area contributed by atoms with Crippen LogP contribution >= 0.6 is 0 Å². The van der Waals surface area contributed by atoms with Crippen LogP contribution in [-0.2, 0) is 22.2 Å². The highest BCUT2D eigenvalue weighted by Crippen LogP contribution is 2.30. The van der Waals surface area contributed by atoms with Crippen molar-refractivity contribution in [2.45, 2.75) is 44.3 Å². The molecule has 1 amide bonds. The predicted octanol–water partition coefficient (Wildman–Crippen LogP) is 3.01. The van der Waals surface area contributed by atoms with Gasteiger partial charge in [0.05, 0.1) is 11.5 Å². The number of carbonyl (C=O) groups excluding carboxylic acids is 1. The maximum Gasteiger partial charge on any atom is 0.416 e. The highest BCUT2D eigenvalue weighted by atomic mass is 19.4. The highest BCUT2D eigenvalue weighted by Gasteiger charge is 2.35. The van der Waals surface area contributed by atoms with Crippen LogP contribution in [0.25, 0.3) is 0 Å². The van der Waals surface area contributed by atoms with Crippen molar-refractivity contribution in [2.24, 2.45) is 5.92 Å². The zero-order valence-corrected chi connectivity index (χ0v) is 12.4. The molecule has 0 heterocycles. The molecular weight excluding hydrogens is 311 g/mol. The molecule has 0 saturated heterocycles. The van der Waals surface area contributed by atoms with Gasteiger partial charge in [0.1, 0.15) is 0 Å². The van der Waals surface area contributed by atoms with E-state index in [0.717, 1.165) is 12.1 Å². The van der Waals surface area contributed by atoms with Crippen molar-refractivity contribution in [2.75, 3.05) is 0 Å². The van der Waals surface area contributed by atoms with E-state index in [4.69, 9.17) is 5.11 Å². The molecule has 0 atom stereocenters. The molecule has 1 aromatic rings. The molecule has 0 radical (unpaired) electrons. The van der Waals surface area contributed by atoms with Crippen molar-refractivity contribution >= 4 is 11.9 Å². The van der Waals surface area contributed by atoms with E-state index >= 15 is 0 Å². The van der Waals surface area contributed by atoms with Gasteiger partial charge in [0.2, 0.25) is 5.91 Å². The van der Waals surface area contributed by atoms with Crippen molar-refractivity contribution in [3.05, 3.63) is 35.4 Å². The Morgan fingerprint density at radius 3 is 2.57 bits per heavy atom. The van der Waals surface area contributed by atoms with E-state index in [2.05, 4.69) is 5.32 Å². The van der Waals surface area contributed by atoms with E-state index in [1.54, 1.807) is 6.07 Å². The fourth-order valence-electron chi connectivity index (χ4n) is 2.59. The van der Waals surface area contributed by atoms with Gasteiger partial charge in [0.15, 0.2) is 0 Å². The molecule has 1 aromatic carbocycles. The van der Waals surface area contributed by atoms with Crippen LogP contribution in [0.4, 0.5) is 13.2 Å². The fraction of sp³-hybridized carbons (Fsp3) is 0.500. The third-order valence-electron chi connectivity index (χ3n) is 3.98. The van der Waals surface area contributed by atoms with Gasteiger partial charge >= 0.3 is 12.1 Å². The molecule has 7 heteroatoms. The third-order valence-corrected chi connectivity index (χ3v) is 3.98. The Labute approximate surface area is 131 Å². The number of carboxylic acid groups (broad SMARTS) is 1. The second-order valence-corrected chi connectivity index (χ2v) is 5.82. The van der Waals surface area contributed by atoms with Gasteiger partial charge in [-0.1, -0.05) is 18.2 Å². The van der Waals surface area contributed by atoms with Gasteiger partial charge in [-0.05, 0) is 37.3 Å². The van der Waals surface area contributed by atoms with Gasteiger partial charge in [-0.2, -0.15) is 13.2 Å². The van der Waals surface area contributed by atoms with Gasteiger partial charge in [0, 0.05) is 12.5 Å². The minimum atomic E-state index is -4.36. The molecule has 4 nitrogen and oxygen atoms in total. The Morgan fingerprint density at radius 1 is 1.26 bits per heavy atom. The fourth-order valence-corrected chi connectivity index (χ4v) is 2.59. The summed E-state index contributed by atoms with van der Waals surface area (Å²) in [5.41, 5.74) is -0.143. The lowest BCUT2D eigenvalue weighted by Gasteiger charge is -2.32. The molecule has 0 unspecified atom stereocenters. The standard InChI is InChI=1S/C16H18F3NO3/c17-16(18,19)12-5-1-3-10(7-12)4-2-6-14(21)20-13-8-11(9-13)15(22)23/h1,3,5,7,11,13H,2,4,6,8-9H2,(H,20,21)(H,22,23). The highest BCUT2D eigenvalue weighted by molar-refractivity contribution is 5.77. The molecule has 1 fully saturated rings. The monoisotopic (exact) mass is 329 g/mol. The summed E-state index contributed by atoms with van der Waals surface area (Å²) in [4.78, 5) is 22.3. The molecule has 2 N–H and O–H groups in total. The minimum absolute atomic E-state index is 0.0999. The number of hydrogen-bond acceptors (Lipinski definition) is 2. The summed E-state index contributed by atoms with van der Waals surface area (Å²) in [6.07, 6.45) is -2.44. The number of halogens is 3. The first-order valence-electron chi connectivity index (χ1n) is 7.44. The number of alkyl halides is 3. The molecular formula is C16H18F3NO3. The van der Waals surface area contributed by atoms with Gasteiger partial charge in [-0.15, -0.1) is 0 Å². The number of nitrogens with one attached hydrogen (secondary N) is 1. The molecule has 0 aromatic heterocycles. The second-order valence-electron chi connectivity index (χ2n) is 5.82. The second kappa shape index (κ2) is 7.02. The number of rotatable bonds is 6. The summed E-state index contributed by atoms with van der Waals surface area (Å²) in [7, 11) is 0. The normalized spacial score (nSPS) is 20.7. The molecule has 23 heavy (non-hydrogen) atoms. The van der Waals surface area contributed by atoms with E-state index in [1.807, 2.05) is 0 Å². The lowest BCUT2D eigenvalue weighted by atomic mass is 9.80. The Hall–Kier alpha value is -2.05. The SMILES string of the molecule is O=C(CCCc1cccc(C(F)(F)F)c1)NC1CC(C(=O)O)C1. The number of benzene rings is 1. The number of amides is 1. The van der Waals surface area contributed by atoms with Gasteiger partial charge in [-0.25, -0.2) is 0 Å². The number of carbonyl (C=O) groups is 2. The van der Waals surface area contributed by atoms with Crippen molar-refractivity contribution in [1.29, 1.82) is 0 Å². The number of hydrogen-bond donors (Lipinski definition) is 2. The van der Waals surface area contributed by atoms with Crippen LogP contribution < -0.4 is 5.32 Å². The third kappa shape index (κ3) is 4.97. The van der Waals surface area contributed by atoms with Gasteiger partial charge < -0.3 is 10.4 Å². The largest absolute Gasteiger partial charge is 0.481 e. The number of carboxylic acids is 1. The van der Waals surface area contributed by atoms with E-state index in [0.29, 0.717) is 31.2 Å². The van der Waals surface area contributed by atoms with Crippen molar-refractivity contribution in [3.63, 3.8) is 0 Å². The summed E-state index contributed by atoms with van der Waals surface area (Å²) in [6, 6.07) is 4.99. The molecule has 1 aliphatic rings.